The molecule has 1 fully saturated rings. The summed E-state index contributed by atoms with van der Waals surface area (Å²) in [6.45, 7) is 2.93. The van der Waals surface area contributed by atoms with E-state index in [4.69, 9.17) is 0 Å². The summed E-state index contributed by atoms with van der Waals surface area (Å²) in [6.07, 6.45) is 5.26. The minimum atomic E-state index is -0.107. The zero-order chi connectivity index (χ0) is 19.2. The van der Waals surface area contributed by atoms with Crippen molar-refractivity contribution in [3.05, 3.63) is 65.7 Å². The molecule has 0 radical (unpaired) electrons. The first-order valence-corrected chi connectivity index (χ1v) is 9.15. The number of carbonyl (C=O) groups is 2. The van der Waals surface area contributed by atoms with Crippen molar-refractivity contribution in [3.8, 4) is 5.75 Å². The van der Waals surface area contributed by atoms with Crippen molar-refractivity contribution in [2.45, 2.75) is 25.7 Å². The zero-order valence-electron chi connectivity index (χ0n) is 15.4. The monoisotopic (exact) mass is 364 g/mol. The van der Waals surface area contributed by atoms with E-state index < -0.39 is 0 Å². The number of anilines is 1. The van der Waals surface area contributed by atoms with Gasteiger partial charge in [0.25, 0.3) is 0 Å². The van der Waals surface area contributed by atoms with Gasteiger partial charge in [-0.1, -0.05) is 24.3 Å². The van der Waals surface area contributed by atoms with E-state index in [1.165, 1.54) is 12.5 Å². The van der Waals surface area contributed by atoms with Crippen LogP contribution in [0.3, 0.4) is 0 Å². The lowest BCUT2D eigenvalue weighted by Gasteiger charge is -2.31. The molecule has 0 saturated carbocycles. The lowest BCUT2D eigenvalue weighted by atomic mass is 9.89. The van der Waals surface area contributed by atoms with Gasteiger partial charge in [0.05, 0.1) is 0 Å². The summed E-state index contributed by atoms with van der Waals surface area (Å²) in [5.41, 5.74) is 2.87. The van der Waals surface area contributed by atoms with Crippen molar-refractivity contribution < 1.29 is 14.7 Å². The number of rotatable bonds is 4. The second-order valence-electron chi connectivity index (χ2n) is 6.83. The molecule has 1 aliphatic rings. The molecule has 3 rings (SSSR count). The van der Waals surface area contributed by atoms with Gasteiger partial charge in [-0.2, -0.15) is 0 Å². The van der Waals surface area contributed by atoms with E-state index in [0.29, 0.717) is 5.92 Å². The Morgan fingerprint density at radius 1 is 1.04 bits per heavy atom. The fourth-order valence-corrected chi connectivity index (χ4v) is 3.33. The van der Waals surface area contributed by atoms with Gasteiger partial charge in [-0.15, -0.1) is 0 Å². The Morgan fingerprint density at radius 2 is 1.67 bits per heavy atom. The predicted molar refractivity (Wildman–Crippen MR) is 106 cm³/mol. The summed E-state index contributed by atoms with van der Waals surface area (Å²) in [5.74, 6) is 0.621. The SMILES string of the molecule is CC(=O)Nc1ccc(/C=C/C(=O)N2CCC(c3ccc(O)cc3)CC2)cc1. The highest BCUT2D eigenvalue weighted by Crippen LogP contribution is 2.29. The molecule has 27 heavy (non-hydrogen) atoms. The van der Waals surface area contributed by atoms with Crippen LogP contribution in [-0.4, -0.2) is 34.9 Å². The number of amides is 2. The lowest BCUT2D eigenvalue weighted by molar-refractivity contribution is -0.127. The Labute approximate surface area is 159 Å². The quantitative estimate of drug-likeness (QED) is 0.812. The average Bonchev–Trinajstić information content (AvgIpc) is 2.67. The van der Waals surface area contributed by atoms with Gasteiger partial charge in [-0.3, -0.25) is 9.59 Å². The molecule has 1 heterocycles. The summed E-state index contributed by atoms with van der Waals surface area (Å²) in [5, 5.41) is 12.1. The first-order chi connectivity index (χ1) is 13.0. The molecule has 2 aromatic rings. The molecule has 2 aromatic carbocycles. The molecule has 1 saturated heterocycles. The van der Waals surface area contributed by atoms with Crippen molar-refractivity contribution in [3.63, 3.8) is 0 Å². The van der Waals surface area contributed by atoms with Crippen molar-refractivity contribution in [1.29, 1.82) is 0 Å². The highest BCUT2D eigenvalue weighted by Gasteiger charge is 2.22. The molecule has 140 valence electrons. The second-order valence-corrected chi connectivity index (χ2v) is 6.83. The van der Waals surface area contributed by atoms with Crippen LogP contribution in [0.1, 0.15) is 36.8 Å². The number of hydrogen-bond donors (Lipinski definition) is 2. The van der Waals surface area contributed by atoms with Crippen LogP contribution in [0.25, 0.3) is 6.08 Å². The van der Waals surface area contributed by atoms with Gasteiger partial charge in [0.1, 0.15) is 5.75 Å². The molecule has 0 aliphatic carbocycles. The maximum absolute atomic E-state index is 12.4. The molecule has 2 amide bonds. The minimum absolute atomic E-state index is 0.0186. The molecule has 0 spiro atoms. The molecule has 0 bridgehead atoms. The average molecular weight is 364 g/mol. The molecule has 0 atom stereocenters. The van der Waals surface area contributed by atoms with Crippen LogP contribution >= 0.6 is 0 Å². The number of nitrogens with one attached hydrogen (secondary N) is 1. The maximum Gasteiger partial charge on any atom is 0.246 e. The Hall–Kier alpha value is -3.08. The van der Waals surface area contributed by atoms with Gasteiger partial charge in [0, 0.05) is 31.8 Å². The molecular formula is C22H24N2O3. The van der Waals surface area contributed by atoms with Crippen LogP contribution in [0, 0.1) is 0 Å². The number of aromatic hydroxyl groups is 1. The summed E-state index contributed by atoms with van der Waals surface area (Å²) in [7, 11) is 0. The predicted octanol–water partition coefficient (Wildman–Crippen LogP) is 3.77. The highest BCUT2D eigenvalue weighted by molar-refractivity contribution is 5.92. The molecule has 2 N–H and O–H groups in total. The van der Waals surface area contributed by atoms with Gasteiger partial charge in [0.15, 0.2) is 0 Å². The molecule has 5 heteroatoms. The Kier molecular flexibility index (Phi) is 5.91. The minimum Gasteiger partial charge on any atom is -0.508 e. The van der Waals surface area contributed by atoms with E-state index in [9.17, 15) is 14.7 Å². The van der Waals surface area contributed by atoms with Gasteiger partial charge < -0.3 is 15.3 Å². The van der Waals surface area contributed by atoms with Gasteiger partial charge in [0.2, 0.25) is 11.8 Å². The number of nitrogens with zero attached hydrogens (tertiary/aromatic N) is 1. The number of phenolic OH excluding ortho intramolecular Hbond substituents is 1. The summed E-state index contributed by atoms with van der Waals surface area (Å²) in [6, 6.07) is 14.7. The largest absolute Gasteiger partial charge is 0.508 e. The van der Waals surface area contributed by atoms with E-state index in [2.05, 4.69) is 5.32 Å². The summed E-state index contributed by atoms with van der Waals surface area (Å²) < 4.78 is 0. The fraction of sp³-hybridized carbons (Fsp3) is 0.273. The number of piperidine rings is 1. The highest BCUT2D eigenvalue weighted by atomic mass is 16.3. The van der Waals surface area contributed by atoms with Gasteiger partial charge >= 0.3 is 0 Å². The topological polar surface area (TPSA) is 69.6 Å². The first kappa shape index (κ1) is 18.7. The Morgan fingerprint density at radius 3 is 2.26 bits per heavy atom. The van der Waals surface area contributed by atoms with Gasteiger partial charge in [-0.25, -0.2) is 0 Å². The third-order valence-electron chi connectivity index (χ3n) is 4.82. The summed E-state index contributed by atoms with van der Waals surface area (Å²) in [4.78, 5) is 25.3. The standard InChI is InChI=1S/C22H24N2O3/c1-16(25)23-20-7-2-17(3-8-20)4-11-22(27)24-14-12-19(13-15-24)18-5-9-21(26)10-6-18/h2-11,19,26H,12-15H2,1H3,(H,23,25)/b11-4+. The fourth-order valence-electron chi connectivity index (χ4n) is 3.33. The van der Waals surface area contributed by atoms with Crippen LogP contribution in [-0.2, 0) is 9.59 Å². The molecule has 1 aliphatic heterocycles. The van der Waals surface area contributed by atoms with Gasteiger partial charge in [-0.05, 0) is 60.2 Å². The van der Waals surface area contributed by atoms with Crippen LogP contribution in [0.15, 0.2) is 54.6 Å². The second kappa shape index (κ2) is 8.54. The van der Waals surface area contributed by atoms with Crippen LogP contribution in [0.2, 0.25) is 0 Å². The third-order valence-corrected chi connectivity index (χ3v) is 4.82. The summed E-state index contributed by atoms with van der Waals surface area (Å²) >= 11 is 0. The Balaban J connectivity index is 1.52. The van der Waals surface area contributed by atoms with Crippen LogP contribution < -0.4 is 5.32 Å². The number of hydrogen-bond acceptors (Lipinski definition) is 3. The van der Waals surface area contributed by atoms with Crippen molar-refractivity contribution in [2.24, 2.45) is 0 Å². The first-order valence-electron chi connectivity index (χ1n) is 9.15. The Bertz CT molecular complexity index is 818. The maximum atomic E-state index is 12.4. The van der Waals surface area contributed by atoms with E-state index >= 15 is 0 Å². The smallest absolute Gasteiger partial charge is 0.246 e. The van der Waals surface area contributed by atoms with E-state index in [-0.39, 0.29) is 17.6 Å². The number of likely N-dealkylation sites (tertiary alicyclic amines) is 1. The van der Waals surface area contributed by atoms with Crippen molar-refractivity contribution in [2.75, 3.05) is 18.4 Å². The van der Waals surface area contributed by atoms with E-state index in [0.717, 1.165) is 37.2 Å². The molecule has 0 unspecified atom stereocenters. The van der Waals surface area contributed by atoms with E-state index in [1.807, 2.05) is 41.3 Å². The van der Waals surface area contributed by atoms with Crippen LogP contribution in [0.4, 0.5) is 5.69 Å². The van der Waals surface area contributed by atoms with Crippen molar-refractivity contribution in [1.82, 2.24) is 4.90 Å². The normalized spacial score (nSPS) is 15.1. The molecule has 5 nitrogen and oxygen atoms in total. The number of carbonyl (C=O) groups excluding carboxylic acids is 2. The third kappa shape index (κ3) is 5.20. The lowest BCUT2D eigenvalue weighted by Crippen LogP contribution is -2.36. The number of benzene rings is 2. The van der Waals surface area contributed by atoms with Crippen LogP contribution in [0.5, 0.6) is 5.75 Å². The van der Waals surface area contributed by atoms with E-state index in [1.54, 1.807) is 24.3 Å². The van der Waals surface area contributed by atoms with Crippen molar-refractivity contribution >= 4 is 23.6 Å². The zero-order valence-corrected chi connectivity index (χ0v) is 15.4. The molecule has 0 aromatic heterocycles. The number of phenols is 1. The molecular weight excluding hydrogens is 340 g/mol.